The van der Waals surface area contributed by atoms with Gasteiger partial charge in [-0.3, -0.25) is 14.9 Å². The maximum absolute atomic E-state index is 11.9. The van der Waals surface area contributed by atoms with Crippen molar-refractivity contribution in [2.45, 2.75) is 19.8 Å². The van der Waals surface area contributed by atoms with Crippen LogP contribution < -0.4 is 5.32 Å². The van der Waals surface area contributed by atoms with Gasteiger partial charge in [-0.25, -0.2) is 4.79 Å². The minimum Gasteiger partial charge on any atom is -0.462 e. The molecule has 26 heavy (non-hydrogen) atoms. The van der Waals surface area contributed by atoms with E-state index in [4.69, 9.17) is 9.15 Å². The lowest BCUT2D eigenvalue weighted by atomic mass is 10.1. The van der Waals surface area contributed by atoms with Gasteiger partial charge in [0.05, 0.1) is 17.1 Å². The van der Waals surface area contributed by atoms with Crippen LogP contribution in [0.15, 0.2) is 45.7 Å². The second kappa shape index (κ2) is 8.05. The smallest absolute Gasteiger partial charge is 0.338 e. The zero-order valence-electron chi connectivity index (χ0n) is 14.1. The highest BCUT2D eigenvalue weighted by Gasteiger charge is 2.25. The molecule has 0 spiro atoms. The molecule has 3 rings (SSSR count). The molecule has 6 nitrogen and oxygen atoms in total. The summed E-state index contributed by atoms with van der Waals surface area (Å²) in [4.78, 5) is 34.9. The Bertz CT molecular complexity index is 866. The molecule has 1 aliphatic heterocycles. The predicted molar refractivity (Wildman–Crippen MR) is 98.4 cm³/mol. The van der Waals surface area contributed by atoms with E-state index in [0.717, 1.165) is 30.2 Å². The predicted octanol–water partition coefficient (Wildman–Crippen LogP) is 4.23. The molecule has 1 saturated heterocycles. The van der Waals surface area contributed by atoms with Gasteiger partial charge in [-0.2, -0.15) is 0 Å². The van der Waals surface area contributed by atoms with Crippen molar-refractivity contribution in [2.24, 2.45) is 0 Å². The number of carbonyl (C=O) groups is 3. The van der Waals surface area contributed by atoms with Gasteiger partial charge in [-0.05, 0) is 42.4 Å². The van der Waals surface area contributed by atoms with E-state index >= 15 is 0 Å². The molecule has 0 aliphatic carbocycles. The maximum atomic E-state index is 11.9. The number of esters is 1. The standard InChI is InChI=1S/C19H17NO5S/c1-2-3-10-24-18(22)13-6-4-12(5-7-13)15-9-8-14(25-15)11-16-17(21)20-19(23)26-16/h4-9,11H,2-3,10H2,1H3,(H,20,21,23)/b16-11+. The first-order chi connectivity index (χ1) is 12.6. The molecule has 134 valence electrons. The Hall–Kier alpha value is -2.80. The molecule has 0 bridgehead atoms. The molecule has 0 radical (unpaired) electrons. The Morgan fingerprint density at radius 1 is 1.19 bits per heavy atom. The molecule has 2 amide bonds. The van der Waals surface area contributed by atoms with Crippen LogP contribution in [0.3, 0.4) is 0 Å². The first kappa shape index (κ1) is 18.0. The zero-order chi connectivity index (χ0) is 18.5. The van der Waals surface area contributed by atoms with E-state index in [1.165, 1.54) is 6.08 Å². The number of amides is 2. The van der Waals surface area contributed by atoms with Gasteiger partial charge in [0, 0.05) is 11.6 Å². The largest absolute Gasteiger partial charge is 0.462 e. The summed E-state index contributed by atoms with van der Waals surface area (Å²) >= 11 is 0.837. The van der Waals surface area contributed by atoms with Gasteiger partial charge < -0.3 is 9.15 Å². The van der Waals surface area contributed by atoms with Crippen LogP contribution in [0.1, 0.15) is 35.9 Å². The lowest BCUT2D eigenvalue weighted by Gasteiger charge is -2.04. The molecule has 0 atom stereocenters. The molecule has 1 fully saturated rings. The Labute approximate surface area is 154 Å². The molecule has 0 saturated carbocycles. The molecule has 2 aromatic rings. The van der Waals surface area contributed by atoms with Crippen molar-refractivity contribution in [2.75, 3.05) is 6.61 Å². The quantitative estimate of drug-likeness (QED) is 0.465. The molecule has 1 N–H and O–H groups in total. The summed E-state index contributed by atoms with van der Waals surface area (Å²) in [6.45, 7) is 2.45. The highest BCUT2D eigenvalue weighted by atomic mass is 32.2. The van der Waals surface area contributed by atoms with E-state index in [1.807, 2.05) is 6.92 Å². The Morgan fingerprint density at radius 3 is 2.62 bits per heavy atom. The first-order valence-corrected chi connectivity index (χ1v) is 9.00. The normalized spacial score (nSPS) is 15.3. The molecule has 1 aromatic heterocycles. The fourth-order valence-electron chi connectivity index (χ4n) is 2.30. The van der Waals surface area contributed by atoms with Crippen molar-refractivity contribution in [3.05, 3.63) is 52.6 Å². The van der Waals surface area contributed by atoms with Gasteiger partial charge in [0.1, 0.15) is 11.5 Å². The number of unbranched alkanes of at least 4 members (excludes halogenated alkanes) is 1. The van der Waals surface area contributed by atoms with E-state index in [2.05, 4.69) is 5.32 Å². The van der Waals surface area contributed by atoms with E-state index in [-0.39, 0.29) is 5.97 Å². The average Bonchev–Trinajstić information content (AvgIpc) is 3.22. The van der Waals surface area contributed by atoms with Gasteiger partial charge in [0.25, 0.3) is 11.1 Å². The van der Waals surface area contributed by atoms with Crippen molar-refractivity contribution in [3.8, 4) is 11.3 Å². The number of ether oxygens (including phenoxy) is 1. The number of thioether (sulfide) groups is 1. The molecular formula is C19H17NO5S. The summed E-state index contributed by atoms with van der Waals surface area (Å²) in [6, 6.07) is 10.4. The third-order valence-electron chi connectivity index (χ3n) is 3.68. The minimum atomic E-state index is -0.427. The summed E-state index contributed by atoms with van der Waals surface area (Å²) in [5, 5.41) is 1.80. The van der Waals surface area contributed by atoms with Crippen molar-refractivity contribution in [1.82, 2.24) is 5.32 Å². The summed E-state index contributed by atoms with van der Waals surface area (Å²) in [7, 11) is 0. The Balaban J connectivity index is 1.70. The fraction of sp³-hybridized carbons (Fsp3) is 0.211. The number of benzene rings is 1. The number of hydrogen-bond acceptors (Lipinski definition) is 6. The fourth-order valence-corrected chi connectivity index (χ4v) is 2.96. The number of nitrogens with one attached hydrogen (secondary N) is 1. The molecular weight excluding hydrogens is 354 g/mol. The van der Waals surface area contributed by atoms with E-state index in [9.17, 15) is 14.4 Å². The average molecular weight is 371 g/mol. The SMILES string of the molecule is CCCCOC(=O)c1ccc(-c2ccc(/C=C3/SC(=O)NC3=O)o2)cc1. The number of hydrogen-bond donors (Lipinski definition) is 1. The molecule has 1 aliphatic rings. The molecule has 7 heteroatoms. The molecule has 0 unspecified atom stereocenters. The molecule has 1 aromatic carbocycles. The second-order valence-corrected chi connectivity index (χ2v) is 6.64. The summed E-state index contributed by atoms with van der Waals surface area (Å²) in [5.74, 6) is 0.292. The van der Waals surface area contributed by atoms with Crippen LogP contribution in [-0.4, -0.2) is 23.7 Å². The lowest BCUT2D eigenvalue weighted by Crippen LogP contribution is -2.17. The Morgan fingerprint density at radius 2 is 1.96 bits per heavy atom. The van der Waals surface area contributed by atoms with E-state index in [0.29, 0.717) is 28.6 Å². The van der Waals surface area contributed by atoms with Crippen molar-refractivity contribution >= 4 is 35.0 Å². The third kappa shape index (κ3) is 4.23. The highest BCUT2D eigenvalue weighted by Crippen LogP contribution is 2.28. The van der Waals surface area contributed by atoms with Crippen LogP contribution >= 0.6 is 11.8 Å². The Kier molecular flexibility index (Phi) is 5.58. The first-order valence-electron chi connectivity index (χ1n) is 8.19. The van der Waals surface area contributed by atoms with Gasteiger partial charge in [-0.1, -0.05) is 25.5 Å². The van der Waals surface area contributed by atoms with Gasteiger partial charge in [0.2, 0.25) is 0 Å². The van der Waals surface area contributed by atoms with E-state index in [1.54, 1.807) is 36.4 Å². The third-order valence-corrected chi connectivity index (χ3v) is 4.49. The van der Waals surface area contributed by atoms with E-state index < -0.39 is 11.1 Å². The summed E-state index contributed by atoms with van der Waals surface area (Å²) < 4.78 is 10.9. The van der Waals surface area contributed by atoms with Crippen molar-refractivity contribution < 1.29 is 23.5 Å². The van der Waals surface area contributed by atoms with Crippen LogP contribution in [0.4, 0.5) is 4.79 Å². The van der Waals surface area contributed by atoms with Crippen LogP contribution in [0.25, 0.3) is 17.4 Å². The number of carbonyl (C=O) groups excluding carboxylic acids is 3. The minimum absolute atomic E-state index is 0.293. The second-order valence-electron chi connectivity index (χ2n) is 5.62. The van der Waals surface area contributed by atoms with Gasteiger partial charge >= 0.3 is 5.97 Å². The number of rotatable bonds is 6. The summed E-state index contributed by atoms with van der Waals surface area (Å²) in [6.07, 6.45) is 3.34. The zero-order valence-corrected chi connectivity index (χ0v) is 14.9. The maximum Gasteiger partial charge on any atom is 0.338 e. The van der Waals surface area contributed by atoms with Gasteiger partial charge in [0.15, 0.2) is 0 Å². The van der Waals surface area contributed by atoms with Crippen LogP contribution in [0.5, 0.6) is 0 Å². The monoisotopic (exact) mass is 371 g/mol. The summed E-state index contributed by atoms with van der Waals surface area (Å²) in [5.41, 5.74) is 1.27. The van der Waals surface area contributed by atoms with Crippen LogP contribution in [-0.2, 0) is 9.53 Å². The molecule has 2 heterocycles. The van der Waals surface area contributed by atoms with Crippen LogP contribution in [0.2, 0.25) is 0 Å². The number of imide groups is 1. The van der Waals surface area contributed by atoms with Crippen molar-refractivity contribution in [3.63, 3.8) is 0 Å². The van der Waals surface area contributed by atoms with Crippen molar-refractivity contribution in [1.29, 1.82) is 0 Å². The van der Waals surface area contributed by atoms with Gasteiger partial charge in [-0.15, -0.1) is 0 Å². The van der Waals surface area contributed by atoms with Crippen LogP contribution in [0, 0.1) is 0 Å². The topological polar surface area (TPSA) is 85.6 Å². The lowest BCUT2D eigenvalue weighted by molar-refractivity contribution is -0.115. The highest BCUT2D eigenvalue weighted by molar-refractivity contribution is 8.18. The number of furan rings is 1.